The van der Waals surface area contributed by atoms with Crippen molar-refractivity contribution in [2.45, 2.75) is 13.0 Å². The Balaban J connectivity index is 1.53. The van der Waals surface area contributed by atoms with Gasteiger partial charge in [0.2, 0.25) is 0 Å². The molecule has 1 aromatic carbocycles. The van der Waals surface area contributed by atoms with Crippen molar-refractivity contribution in [3.8, 4) is 5.75 Å². The average molecular weight is 371 g/mol. The highest BCUT2D eigenvalue weighted by atomic mass is 32.1. The Hall–Kier alpha value is -2.61. The molecule has 1 aliphatic heterocycles. The molecule has 0 spiro atoms. The Morgan fingerprint density at radius 1 is 1.35 bits per heavy atom. The number of likely N-dealkylation sites (N-methyl/N-ethyl adjacent to an activating group) is 1. The lowest BCUT2D eigenvalue weighted by molar-refractivity contribution is 0.419. The predicted molar refractivity (Wildman–Crippen MR) is 105 cm³/mol. The molecule has 0 bridgehead atoms. The fourth-order valence-corrected chi connectivity index (χ4v) is 4.20. The first-order valence-electron chi connectivity index (χ1n) is 8.43. The summed E-state index contributed by atoms with van der Waals surface area (Å²) >= 11 is 1.69. The molecule has 0 radical (unpaired) electrons. The van der Waals surface area contributed by atoms with Gasteiger partial charge in [0.15, 0.2) is 5.13 Å². The fraction of sp³-hybridized carbons (Fsp3) is 0.389. The van der Waals surface area contributed by atoms with Gasteiger partial charge in [-0.15, -0.1) is 0 Å². The highest BCUT2D eigenvalue weighted by Gasteiger charge is 2.32. The number of methoxy groups -OCH3 is 1. The molecular formula is C18H21N5O2S. The van der Waals surface area contributed by atoms with Crippen molar-refractivity contribution in [2.75, 3.05) is 37.0 Å². The minimum Gasteiger partial charge on any atom is -0.494 e. The van der Waals surface area contributed by atoms with Crippen LogP contribution in [0.4, 0.5) is 10.8 Å². The monoisotopic (exact) mass is 371 g/mol. The number of rotatable bonds is 4. The van der Waals surface area contributed by atoms with Gasteiger partial charge in [0.25, 0.3) is 5.56 Å². The van der Waals surface area contributed by atoms with Gasteiger partial charge in [-0.2, -0.15) is 5.10 Å². The molecule has 1 fully saturated rings. The summed E-state index contributed by atoms with van der Waals surface area (Å²) in [6.45, 7) is 3.78. The van der Waals surface area contributed by atoms with Crippen LogP contribution >= 0.6 is 11.3 Å². The van der Waals surface area contributed by atoms with Gasteiger partial charge in [-0.05, 0) is 18.6 Å². The lowest BCUT2D eigenvalue weighted by atomic mass is 10.1. The Morgan fingerprint density at radius 3 is 2.81 bits per heavy atom. The highest BCUT2D eigenvalue weighted by Crippen LogP contribution is 2.37. The van der Waals surface area contributed by atoms with Crippen molar-refractivity contribution < 1.29 is 4.74 Å². The molecule has 2 aromatic heterocycles. The maximum atomic E-state index is 11.8. The van der Waals surface area contributed by atoms with Gasteiger partial charge in [0.1, 0.15) is 11.3 Å². The fourth-order valence-electron chi connectivity index (χ4n) is 3.11. The minimum absolute atomic E-state index is 0.0898. The average Bonchev–Trinajstić information content (AvgIpc) is 3.03. The molecular weight excluding hydrogens is 350 g/mol. The molecule has 0 amide bonds. The van der Waals surface area contributed by atoms with Crippen molar-refractivity contribution >= 4 is 32.4 Å². The molecule has 3 aromatic rings. The maximum Gasteiger partial charge on any atom is 0.268 e. The van der Waals surface area contributed by atoms with Gasteiger partial charge in [-0.3, -0.25) is 4.79 Å². The van der Waals surface area contributed by atoms with Crippen molar-refractivity contribution in [3.63, 3.8) is 0 Å². The van der Waals surface area contributed by atoms with Gasteiger partial charge in [-0.1, -0.05) is 17.4 Å². The van der Waals surface area contributed by atoms with E-state index in [1.807, 2.05) is 6.07 Å². The molecule has 0 aliphatic carbocycles. The van der Waals surface area contributed by atoms with Crippen LogP contribution in [0.15, 0.2) is 29.2 Å². The van der Waals surface area contributed by atoms with E-state index in [0.717, 1.165) is 39.9 Å². The normalized spacial score (nSPS) is 14.5. The van der Waals surface area contributed by atoms with E-state index in [-0.39, 0.29) is 5.56 Å². The zero-order valence-corrected chi connectivity index (χ0v) is 16.1. The standard InChI is InChI=1S/C18H21N5O2S/c1-11-5-6-14(25-4)16-17(11)26-18(20-16)21(2)13-9-23(10-13)12-7-15(24)22(3)19-8-12/h5-8,13H,9-10H2,1-4H3. The number of ether oxygens (including phenoxy) is 1. The lowest BCUT2D eigenvalue weighted by Gasteiger charge is -2.45. The van der Waals surface area contributed by atoms with Crippen molar-refractivity contribution in [2.24, 2.45) is 7.05 Å². The number of nitrogens with zero attached hydrogens (tertiary/aromatic N) is 5. The zero-order valence-electron chi connectivity index (χ0n) is 15.3. The van der Waals surface area contributed by atoms with Crippen molar-refractivity contribution in [1.29, 1.82) is 0 Å². The molecule has 8 heteroatoms. The maximum absolute atomic E-state index is 11.8. The van der Waals surface area contributed by atoms with Crippen LogP contribution in [0.5, 0.6) is 5.75 Å². The molecule has 0 saturated carbocycles. The first-order chi connectivity index (χ1) is 12.5. The Morgan fingerprint density at radius 2 is 2.12 bits per heavy atom. The summed E-state index contributed by atoms with van der Waals surface area (Å²) in [5.74, 6) is 0.808. The largest absolute Gasteiger partial charge is 0.494 e. The van der Waals surface area contributed by atoms with Gasteiger partial charge >= 0.3 is 0 Å². The molecule has 0 unspecified atom stereocenters. The van der Waals surface area contributed by atoms with Crippen LogP contribution in [-0.2, 0) is 7.05 Å². The first kappa shape index (κ1) is 16.8. The predicted octanol–water partition coefficient (Wildman–Crippen LogP) is 2.03. The van der Waals surface area contributed by atoms with Crippen LogP contribution in [-0.4, -0.2) is 48.1 Å². The summed E-state index contributed by atoms with van der Waals surface area (Å²) in [7, 11) is 5.40. The Bertz CT molecular complexity index is 1020. The van der Waals surface area contributed by atoms with Crippen molar-refractivity contribution in [1.82, 2.24) is 14.8 Å². The van der Waals surface area contributed by atoms with Gasteiger partial charge in [0.05, 0.1) is 29.7 Å². The number of aryl methyl sites for hydroxylation is 2. The second-order valence-electron chi connectivity index (χ2n) is 6.60. The molecule has 4 rings (SSSR count). The summed E-state index contributed by atoms with van der Waals surface area (Å²) in [5, 5.41) is 5.08. The first-order valence-corrected chi connectivity index (χ1v) is 9.25. The quantitative estimate of drug-likeness (QED) is 0.699. The van der Waals surface area contributed by atoms with Gasteiger partial charge in [-0.25, -0.2) is 9.67 Å². The summed E-state index contributed by atoms with van der Waals surface area (Å²) < 4.78 is 7.95. The number of anilines is 2. The van der Waals surface area contributed by atoms with E-state index in [1.165, 1.54) is 10.2 Å². The summed E-state index contributed by atoms with van der Waals surface area (Å²) in [5.41, 5.74) is 2.92. The third-order valence-corrected chi connectivity index (χ3v) is 6.22. The minimum atomic E-state index is -0.0898. The van der Waals surface area contributed by atoms with Crippen molar-refractivity contribution in [3.05, 3.63) is 40.3 Å². The second kappa shape index (κ2) is 6.28. The summed E-state index contributed by atoms with van der Waals surface area (Å²) in [6.07, 6.45) is 1.74. The molecule has 1 saturated heterocycles. The third-order valence-electron chi connectivity index (χ3n) is 4.94. The van der Waals surface area contributed by atoms with Crippen LogP contribution in [0.25, 0.3) is 10.2 Å². The molecule has 26 heavy (non-hydrogen) atoms. The smallest absolute Gasteiger partial charge is 0.268 e. The summed E-state index contributed by atoms with van der Waals surface area (Å²) in [4.78, 5) is 20.9. The van der Waals surface area contributed by atoms with Gasteiger partial charge in [0, 0.05) is 33.3 Å². The van der Waals surface area contributed by atoms with E-state index < -0.39 is 0 Å². The molecule has 1 aliphatic rings. The lowest BCUT2D eigenvalue weighted by Crippen LogP contribution is -2.59. The Kier molecular flexibility index (Phi) is 4.07. The van der Waals surface area contributed by atoms with Crippen LogP contribution < -0.4 is 20.1 Å². The van der Waals surface area contributed by atoms with Gasteiger partial charge < -0.3 is 14.5 Å². The third kappa shape index (κ3) is 2.70. The number of hydrogen-bond acceptors (Lipinski definition) is 7. The van der Waals surface area contributed by atoms with Crippen LogP contribution in [0.1, 0.15) is 5.56 Å². The molecule has 7 nitrogen and oxygen atoms in total. The number of thiazole rings is 1. The summed E-state index contributed by atoms with van der Waals surface area (Å²) in [6, 6.07) is 6.02. The van der Waals surface area contributed by atoms with E-state index in [9.17, 15) is 4.79 Å². The number of hydrogen-bond donors (Lipinski definition) is 0. The molecule has 136 valence electrons. The molecule has 0 atom stereocenters. The van der Waals surface area contributed by atoms with E-state index in [0.29, 0.717) is 6.04 Å². The van der Waals surface area contributed by atoms with Crippen LogP contribution in [0.3, 0.4) is 0 Å². The highest BCUT2D eigenvalue weighted by molar-refractivity contribution is 7.22. The van der Waals surface area contributed by atoms with Crippen LogP contribution in [0.2, 0.25) is 0 Å². The van der Waals surface area contributed by atoms with E-state index in [4.69, 9.17) is 9.72 Å². The Labute approximate surface area is 155 Å². The topological polar surface area (TPSA) is 63.5 Å². The second-order valence-corrected chi connectivity index (χ2v) is 7.58. The van der Waals surface area contributed by atoms with E-state index in [1.54, 1.807) is 37.8 Å². The molecule has 3 heterocycles. The zero-order chi connectivity index (χ0) is 18.4. The SMILES string of the molecule is COc1ccc(C)c2sc(N(C)C3CN(c4cnn(C)c(=O)c4)C3)nc12. The van der Waals surface area contributed by atoms with E-state index >= 15 is 0 Å². The number of fused-ring (bicyclic) bond motifs is 1. The van der Waals surface area contributed by atoms with E-state index in [2.05, 4.69) is 34.9 Å². The van der Waals surface area contributed by atoms with Crippen LogP contribution in [0, 0.1) is 6.92 Å². The molecule has 0 N–H and O–H groups in total. The number of benzene rings is 1. The number of aromatic nitrogens is 3.